The first-order valence-electron chi connectivity index (χ1n) is 8.54. The first-order valence-corrected chi connectivity index (χ1v) is 8.54. The zero-order valence-electron chi connectivity index (χ0n) is 15.4. The molecule has 0 radical (unpaired) electrons. The van der Waals surface area contributed by atoms with Crippen molar-refractivity contribution in [2.75, 3.05) is 6.61 Å². The van der Waals surface area contributed by atoms with Crippen molar-refractivity contribution in [1.29, 1.82) is 0 Å². The van der Waals surface area contributed by atoms with Gasteiger partial charge in [0.25, 0.3) is 0 Å². The number of rotatable bonds is 7. The SMILES string of the molecule is Cc1noc(C)c1COc1ccc(C(=O)OCC(=O)c2cccc(F)c2)cc1. The lowest BCUT2D eigenvalue weighted by Gasteiger charge is -2.07. The average molecular weight is 383 g/mol. The number of benzene rings is 2. The molecule has 0 saturated carbocycles. The number of ketones is 1. The van der Waals surface area contributed by atoms with Gasteiger partial charge >= 0.3 is 5.97 Å². The van der Waals surface area contributed by atoms with Crippen LogP contribution in [0.3, 0.4) is 0 Å². The number of aromatic nitrogens is 1. The van der Waals surface area contributed by atoms with Crippen molar-refractivity contribution in [3.8, 4) is 5.75 Å². The van der Waals surface area contributed by atoms with Crippen LogP contribution in [0.15, 0.2) is 53.1 Å². The maximum absolute atomic E-state index is 13.1. The summed E-state index contributed by atoms with van der Waals surface area (Å²) < 4.78 is 28.9. The minimum absolute atomic E-state index is 0.149. The first-order chi connectivity index (χ1) is 13.4. The van der Waals surface area contributed by atoms with Gasteiger partial charge < -0.3 is 14.0 Å². The van der Waals surface area contributed by atoms with E-state index in [1.807, 2.05) is 13.8 Å². The van der Waals surface area contributed by atoms with E-state index in [0.717, 1.165) is 17.3 Å². The molecule has 0 amide bonds. The van der Waals surface area contributed by atoms with Crippen molar-refractivity contribution < 1.29 is 28.0 Å². The van der Waals surface area contributed by atoms with Crippen LogP contribution in [0, 0.1) is 19.7 Å². The Hall–Kier alpha value is -3.48. The van der Waals surface area contributed by atoms with E-state index in [1.54, 1.807) is 12.1 Å². The van der Waals surface area contributed by atoms with Gasteiger partial charge in [-0.25, -0.2) is 9.18 Å². The number of carbonyl (C=O) groups is 2. The molecule has 144 valence electrons. The summed E-state index contributed by atoms with van der Waals surface area (Å²) in [6.07, 6.45) is 0. The molecule has 1 heterocycles. The molecule has 28 heavy (non-hydrogen) atoms. The third-order valence-electron chi connectivity index (χ3n) is 4.14. The lowest BCUT2D eigenvalue weighted by atomic mass is 10.1. The topological polar surface area (TPSA) is 78.6 Å². The van der Waals surface area contributed by atoms with E-state index < -0.39 is 24.2 Å². The fraction of sp³-hybridized carbons (Fsp3) is 0.190. The fourth-order valence-electron chi connectivity index (χ4n) is 2.51. The summed E-state index contributed by atoms with van der Waals surface area (Å²) in [5, 5.41) is 3.86. The summed E-state index contributed by atoms with van der Waals surface area (Å²) in [6.45, 7) is 3.47. The summed E-state index contributed by atoms with van der Waals surface area (Å²) in [5.74, 6) is -0.397. The van der Waals surface area contributed by atoms with Gasteiger partial charge in [-0.05, 0) is 50.2 Å². The second-order valence-electron chi connectivity index (χ2n) is 6.13. The Kier molecular flexibility index (Phi) is 5.84. The van der Waals surface area contributed by atoms with Gasteiger partial charge in [-0.3, -0.25) is 4.79 Å². The van der Waals surface area contributed by atoms with E-state index >= 15 is 0 Å². The molecule has 0 aliphatic heterocycles. The zero-order chi connectivity index (χ0) is 20.1. The van der Waals surface area contributed by atoms with Crippen LogP contribution in [0.25, 0.3) is 0 Å². The number of ether oxygens (including phenoxy) is 2. The third kappa shape index (κ3) is 4.62. The third-order valence-corrected chi connectivity index (χ3v) is 4.14. The predicted molar refractivity (Wildman–Crippen MR) is 97.8 cm³/mol. The van der Waals surface area contributed by atoms with Crippen LogP contribution in [0.2, 0.25) is 0 Å². The molecule has 3 aromatic rings. The maximum atomic E-state index is 13.1. The van der Waals surface area contributed by atoms with Crippen LogP contribution in [-0.2, 0) is 11.3 Å². The number of esters is 1. The maximum Gasteiger partial charge on any atom is 0.338 e. The van der Waals surface area contributed by atoms with Crippen molar-refractivity contribution >= 4 is 11.8 Å². The highest BCUT2D eigenvalue weighted by Gasteiger charge is 2.13. The normalized spacial score (nSPS) is 10.5. The number of nitrogens with zero attached hydrogens (tertiary/aromatic N) is 1. The van der Waals surface area contributed by atoms with Crippen molar-refractivity contribution in [3.63, 3.8) is 0 Å². The highest BCUT2D eigenvalue weighted by molar-refractivity contribution is 5.99. The monoisotopic (exact) mass is 383 g/mol. The number of hydrogen-bond acceptors (Lipinski definition) is 6. The lowest BCUT2D eigenvalue weighted by Crippen LogP contribution is -2.14. The summed E-state index contributed by atoms with van der Waals surface area (Å²) >= 11 is 0. The summed E-state index contributed by atoms with van der Waals surface area (Å²) in [5.41, 5.74) is 2.06. The molecule has 0 aliphatic rings. The highest BCUT2D eigenvalue weighted by Crippen LogP contribution is 2.18. The van der Waals surface area contributed by atoms with Gasteiger partial charge in [-0.2, -0.15) is 0 Å². The molecule has 1 aromatic heterocycles. The van der Waals surface area contributed by atoms with Crippen LogP contribution in [0.4, 0.5) is 4.39 Å². The molecule has 0 aliphatic carbocycles. The van der Waals surface area contributed by atoms with Crippen LogP contribution in [0.1, 0.15) is 37.7 Å². The van der Waals surface area contributed by atoms with Crippen LogP contribution < -0.4 is 4.74 Å². The largest absolute Gasteiger partial charge is 0.489 e. The zero-order valence-corrected chi connectivity index (χ0v) is 15.4. The number of hydrogen-bond donors (Lipinski definition) is 0. The van der Waals surface area contributed by atoms with E-state index in [1.165, 1.54) is 30.3 Å². The number of carbonyl (C=O) groups excluding carboxylic acids is 2. The molecule has 3 rings (SSSR count). The van der Waals surface area contributed by atoms with Gasteiger partial charge in [-0.15, -0.1) is 0 Å². The van der Waals surface area contributed by atoms with Gasteiger partial charge in [0.2, 0.25) is 0 Å². The molecule has 6 nitrogen and oxygen atoms in total. The molecule has 0 spiro atoms. The first kappa shape index (κ1) is 19.3. The van der Waals surface area contributed by atoms with E-state index in [4.69, 9.17) is 14.0 Å². The second-order valence-corrected chi connectivity index (χ2v) is 6.13. The van der Waals surface area contributed by atoms with Crippen LogP contribution >= 0.6 is 0 Å². The van der Waals surface area contributed by atoms with Gasteiger partial charge in [0.05, 0.1) is 16.8 Å². The number of halogens is 1. The van der Waals surface area contributed by atoms with Crippen LogP contribution in [0.5, 0.6) is 5.75 Å². The van der Waals surface area contributed by atoms with Gasteiger partial charge in [0.1, 0.15) is 23.9 Å². The minimum Gasteiger partial charge on any atom is -0.489 e. The Morgan fingerprint density at radius 1 is 1.07 bits per heavy atom. The van der Waals surface area contributed by atoms with E-state index in [0.29, 0.717) is 18.1 Å². The lowest BCUT2D eigenvalue weighted by molar-refractivity contribution is 0.0474. The molecular formula is C21H18FNO5. The highest BCUT2D eigenvalue weighted by atomic mass is 19.1. The van der Waals surface area contributed by atoms with Crippen molar-refractivity contribution in [1.82, 2.24) is 5.16 Å². The van der Waals surface area contributed by atoms with E-state index in [2.05, 4.69) is 5.16 Å². The Balaban J connectivity index is 1.54. The number of Topliss-reactive ketones (excluding diaryl/α,β-unsaturated/α-hetero) is 1. The molecule has 2 aromatic carbocycles. The van der Waals surface area contributed by atoms with Crippen molar-refractivity contribution in [3.05, 3.63) is 82.5 Å². The molecule has 0 fully saturated rings. The Bertz CT molecular complexity index is 975. The molecule has 0 bridgehead atoms. The second kappa shape index (κ2) is 8.47. The van der Waals surface area contributed by atoms with Crippen LogP contribution in [-0.4, -0.2) is 23.5 Å². The molecule has 0 atom stereocenters. The average Bonchev–Trinajstić information content (AvgIpc) is 3.02. The van der Waals surface area contributed by atoms with E-state index in [9.17, 15) is 14.0 Å². The summed E-state index contributed by atoms with van der Waals surface area (Å²) in [7, 11) is 0. The quantitative estimate of drug-likeness (QED) is 0.452. The Morgan fingerprint density at radius 2 is 1.82 bits per heavy atom. The fourth-order valence-corrected chi connectivity index (χ4v) is 2.51. The Labute approximate surface area is 160 Å². The molecule has 0 saturated heterocycles. The van der Waals surface area contributed by atoms with Gasteiger partial charge in [-0.1, -0.05) is 17.3 Å². The minimum atomic E-state index is -0.651. The molecule has 0 N–H and O–H groups in total. The van der Waals surface area contributed by atoms with Crippen molar-refractivity contribution in [2.45, 2.75) is 20.5 Å². The standard InChI is InChI=1S/C21H18FNO5/c1-13-19(14(2)28-23-13)11-26-18-8-6-15(7-9-18)21(25)27-12-20(24)16-4-3-5-17(22)10-16/h3-10H,11-12H2,1-2H3. The van der Waals surface area contributed by atoms with E-state index in [-0.39, 0.29) is 11.1 Å². The summed E-state index contributed by atoms with van der Waals surface area (Å²) in [4.78, 5) is 24.0. The molecule has 7 heteroatoms. The smallest absolute Gasteiger partial charge is 0.338 e. The molecule has 0 unspecified atom stereocenters. The Morgan fingerprint density at radius 3 is 2.46 bits per heavy atom. The van der Waals surface area contributed by atoms with Gasteiger partial charge in [0.15, 0.2) is 12.4 Å². The van der Waals surface area contributed by atoms with Crippen molar-refractivity contribution in [2.24, 2.45) is 0 Å². The van der Waals surface area contributed by atoms with Gasteiger partial charge in [0, 0.05) is 5.56 Å². The molecular weight excluding hydrogens is 365 g/mol. The predicted octanol–water partition coefficient (Wildman–Crippen LogP) is 4.05. The number of aryl methyl sites for hydroxylation is 2. The summed E-state index contributed by atoms with van der Waals surface area (Å²) in [6, 6.07) is 11.6.